The van der Waals surface area contributed by atoms with Gasteiger partial charge < -0.3 is 4.42 Å². The molecule has 238 valence electrons. The molecule has 0 unspecified atom stereocenters. The van der Waals surface area contributed by atoms with Crippen molar-refractivity contribution in [2.45, 2.75) is 0 Å². The molecule has 0 aliphatic heterocycles. The maximum absolute atomic E-state index is 6.71. The Kier molecular flexibility index (Phi) is 6.81. The molecule has 0 spiro atoms. The third kappa shape index (κ3) is 5.15. The molecule has 2 heterocycles. The fraction of sp³-hybridized carbons (Fsp3) is 0. The van der Waals surface area contributed by atoms with E-state index in [2.05, 4.69) is 146 Å². The third-order valence-corrected chi connectivity index (χ3v) is 9.86. The average Bonchev–Trinajstić information content (AvgIpc) is 3.57. The molecule has 3 heteroatoms. The molecular formula is C48H30N2O. The first kappa shape index (κ1) is 29.1. The van der Waals surface area contributed by atoms with Crippen molar-refractivity contribution in [2.24, 2.45) is 0 Å². The number of furan rings is 1. The van der Waals surface area contributed by atoms with Crippen molar-refractivity contribution in [1.29, 1.82) is 0 Å². The van der Waals surface area contributed by atoms with Gasteiger partial charge >= 0.3 is 0 Å². The van der Waals surface area contributed by atoms with Gasteiger partial charge in [0.15, 0.2) is 5.82 Å². The lowest BCUT2D eigenvalue weighted by molar-refractivity contribution is 0.669. The average molecular weight is 651 g/mol. The van der Waals surface area contributed by atoms with Crippen LogP contribution in [0.3, 0.4) is 0 Å². The van der Waals surface area contributed by atoms with Gasteiger partial charge in [-0.25, -0.2) is 9.97 Å². The summed E-state index contributed by atoms with van der Waals surface area (Å²) in [6.07, 6.45) is 0. The van der Waals surface area contributed by atoms with E-state index in [1.165, 1.54) is 27.3 Å². The second kappa shape index (κ2) is 11.9. The number of hydrogen-bond acceptors (Lipinski definition) is 3. The zero-order chi connectivity index (χ0) is 33.7. The van der Waals surface area contributed by atoms with Crippen LogP contribution < -0.4 is 0 Å². The number of fused-ring (bicyclic) bond motifs is 5. The van der Waals surface area contributed by atoms with E-state index in [9.17, 15) is 0 Å². The van der Waals surface area contributed by atoms with Crippen LogP contribution in [0.4, 0.5) is 0 Å². The van der Waals surface area contributed by atoms with Gasteiger partial charge in [0.05, 0.1) is 11.4 Å². The van der Waals surface area contributed by atoms with Crippen molar-refractivity contribution in [2.75, 3.05) is 0 Å². The molecule has 0 radical (unpaired) electrons. The molecule has 3 nitrogen and oxygen atoms in total. The number of benzene rings is 8. The monoisotopic (exact) mass is 650 g/mol. The molecule has 0 aliphatic rings. The largest absolute Gasteiger partial charge is 0.456 e. The number of aromatic nitrogens is 2. The molecule has 0 aliphatic carbocycles. The molecule has 51 heavy (non-hydrogen) atoms. The van der Waals surface area contributed by atoms with Crippen LogP contribution in [0, 0.1) is 0 Å². The standard InChI is InChI=1S/C48H30N2O/c1-3-13-34(14-4-1)43-30-44(50-48(49-43)35-15-5-2-6-16-35)38-27-41(47-42-26-36-17-7-8-18-37(36)28-45(42)51-46(47)29-38)33-24-22-32(23-25-33)40-21-11-19-31-12-9-10-20-39(31)40/h1-30H. The van der Waals surface area contributed by atoms with Gasteiger partial charge in [0.2, 0.25) is 0 Å². The van der Waals surface area contributed by atoms with E-state index < -0.39 is 0 Å². The Morgan fingerprint density at radius 1 is 0.333 bits per heavy atom. The van der Waals surface area contributed by atoms with E-state index in [-0.39, 0.29) is 0 Å². The maximum atomic E-state index is 6.71. The van der Waals surface area contributed by atoms with Gasteiger partial charge in [0, 0.05) is 27.5 Å². The fourth-order valence-corrected chi connectivity index (χ4v) is 7.34. The van der Waals surface area contributed by atoms with Crippen LogP contribution in [0.25, 0.3) is 99.6 Å². The van der Waals surface area contributed by atoms with E-state index in [0.29, 0.717) is 5.82 Å². The predicted octanol–water partition coefficient (Wildman–Crippen LogP) is 13.0. The van der Waals surface area contributed by atoms with Gasteiger partial charge in [-0.1, -0.05) is 152 Å². The summed E-state index contributed by atoms with van der Waals surface area (Å²) in [5, 5.41) is 7.02. The van der Waals surface area contributed by atoms with E-state index in [4.69, 9.17) is 14.4 Å². The molecular weight excluding hydrogens is 621 g/mol. The molecule has 10 aromatic rings. The quantitative estimate of drug-likeness (QED) is 0.186. The molecule has 0 bridgehead atoms. The summed E-state index contributed by atoms with van der Waals surface area (Å²) in [4.78, 5) is 10.2. The summed E-state index contributed by atoms with van der Waals surface area (Å²) >= 11 is 0. The minimum atomic E-state index is 0.684. The van der Waals surface area contributed by atoms with Gasteiger partial charge in [-0.05, 0) is 74.1 Å². The fourth-order valence-electron chi connectivity index (χ4n) is 7.34. The van der Waals surface area contributed by atoms with Crippen LogP contribution >= 0.6 is 0 Å². The zero-order valence-electron chi connectivity index (χ0n) is 27.6. The third-order valence-electron chi connectivity index (χ3n) is 9.86. The minimum absolute atomic E-state index is 0.684. The SMILES string of the molecule is c1ccc(-c2cc(-c3cc(-c4ccc(-c5cccc6ccccc56)cc4)c4c(c3)oc3cc5ccccc5cc34)nc(-c3ccccc3)n2)cc1. The summed E-state index contributed by atoms with van der Waals surface area (Å²) in [6, 6.07) is 63.9. The summed E-state index contributed by atoms with van der Waals surface area (Å²) in [5.74, 6) is 0.684. The summed E-state index contributed by atoms with van der Waals surface area (Å²) in [5.41, 5.74) is 11.0. The summed E-state index contributed by atoms with van der Waals surface area (Å²) < 4.78 is 6.71. The zero-order valence-corrected chi connectivity index (χ0v) is 27.6. The maximum Gasteiger partial charge on any atom is 0.160 e. The number of nitrogens with zero attached hydrogens (tertiary/aromatic N) is 2. The Bertz CT molecular complexity index is 2830. The highest BCUT2D eigenvalue weighted by Crippen LogP contribution is 2.42. The van der Waals surface area contributed by atoms with Crippen molar-refractivity contribution in [3.63, 3.8) is 0 Å². The Morgan fingerprint density at radius 3 is 1.67 bits per heavy atom. The second-order valence-electron chi connectivity index (χ2n) is 13.0. The molecule has 0 atom stereocenters. The van der Waals surface area contributed by atoms with E-state index in [1.54, 1.807) is 0 Å². The minimum Gasteiger partial charge on any atom is -0.456 e. The molecule has 0 saturated heterocycles. The smallest absolute Gasteiger partial charge is 0.160 e. The summed E-state index contributed by atoms with van der Waals surface area (Å²) in [6.45, 7) is 0. The number of rotatable bonds is 5. The van der Waals surface area contributed by atoms with Crippen molar-refractivity contribution < 1.29 is 4.42 Å². The highest BCUT2D eigenvalue weighted by Gasteiger charge is 2.19. The predicted molar refractivity (Wildman–Crippen MR) is 212 cm³/mol. The molecule has 8 aromatic carbocycles. The first-order valence-electron chi connectivity index (χ1n) is 17.2. The van der Waals surface area contributed by atoms with Gasteiger partial charge in [-0.2, -0.15) is 0 Å². The lowest BCUT2D eigenvalue weighted by Crippen LogP contribution is -1.96. The molecule has 0 N–H and O–H groups in total. The Hall–Kier alpha value is -6.84. The van der Waals surface area contributed by atoms with E-state index in [0.717, 1.165) is 66.5 Å². The highest BCUT2D eigenvalue weighted by molar-refractivity contribution is 6.16. The van der Waals surface area contributed by atoms with Crippen molar-refractivity contribution in [3.05, 3.63) is 182 Å². The first-order valence-corrected chi connectivity index (χ1v) is 17.2. The van der Waals surface area contributed by atoms with Crippen LogP contribution in [-0.2, 0) is 0 Å². The topological polar surface area (TPSA) is 38.9 Å². The molecule has 2 aromatic heterocycles. The van der Waals surface area contributed by atoms with Crippen molar-refractivity contribution in [3.8, 4) is 56.2 Å². The Morgan fingerprint density at radius 2 is 0.922 bits per heavy atom. The first-order chi connectivity index (χ1) is 25.2. The van der Waals surface area contributed by atoms with Crippen LogP contribution in [0.15, 0.2) is 186 Å². The highest BCUT2D eigenvalue weighted by atomic mass is 16.3. The van der Waals surface area contributed by atoms with Crippen molar-refractivity contribution in [1.82, 2.24) is 9.97 Å². The van der Waals surface area contributed by atoms with Crippen molar-refractivity contribution >= 4 is 43.5 Å². The van der Waals surface area contributed by atoms with Gasteiger partial charge in [-0.15, -0.1) is 0 Å². The normalized spacial score (nSPS) is 11.5. The van der Waals surface area contributed by atoms with Gasteiger partial charge in [0.25, 0.3) is 0 Å². The summed E-state index contributed by atoms with van der Waals surface area (Å²) in [7, 11) is 0. The lowest BCUT2D eigenvalue weighted by atomic mass is 9.93. The van der Waals surface area contributed by atoms with Crippen LogP contribution in [0.2, 0.25) is 0 Å². The second-order valence-corrected chi connectivity index (χ2v) is 13.0. The van der Waals surface area contributed by atoms with E-state index >= 15 is 0 Å². The molecule has 0 amide bonds. The molecule has 0 fully saturated rings. The molecule has 0 saturated carbocycles. The Balaban J connectivity index is 1.21. The van der Waals surface area contributed by atoms with Crippen LogP contribution in [0.5, 0.6) is 0 Å². The lowest BCUT2D eigenvalue weighted by Gasteiger charge is -2.12. The Labute approximate surface area is 295 Å². The molecule has 10 rings (SSSR count). The van der Waals surface area contributed by atoms with Crippen LogP contribution in [0.1, 0.15) is 0 Å². The van der Waals surface area contributed by atoms with Crippen LogP contribution in [-0.4, -0.2) is 9.97 Å². The van der Waals surface area contributed by atoms with Gasteiger partial charge in [-0.3, -0.25) is 0 Å². The van der Waals surface area contributed by atoms with E-state index in [1.807, 2.05) is 36.4 Å². The van der Waals surface area contributed by atoms with Gasteiger partial charge in [0.1, 0.15) is 11.2 Å². The number of hydrogen-bond donors (Lipinski definition) is 0.